The topological polar surface area (TPSA) is 63.4 Å². The molecular weight excluding hydrogens is 253 g/mol. The summed E-state index contributed by atoms with van der Waals surface area (Å²) in [5.74, 6) is -3.75. The van der Waals surface area contributed by atoms with Gasteiger partial charge >= 0.3 is 11.9 Å². The second-order valence-electron chi connectivity index (χ2n) is 3.00. The van der Waals surface area contributed by atoms with E-state index in [1.165, 1.54) is 0 Å². The van der Waals surface area contributed by atoms with Crippen LogP contribution >= 0.6 is 0 Å². The third kappa shape index (κ3) is 2.49. The maximum atomic E-state index is 13.2. The molecular formula is C8H4F5NO3. The average molecular weight is 257 g/mol. The van der Waals surface area contributed by atoms with Crippen molar-refractivity contribution in [1.82, 2.24) is 0 Å². The molecule has 1 aromatic carbocycles. The molecule has 0 heterocycles. The smallest absolute Gasteiger partial charge is 0.379 e. The predicted octanol–water partition coefficient (Wildman–Crippen LogP) is 2.47. The molecule has 0 aliphatic heterocycles. The third-order valence-electron chi connectivity index (χ3n) is 1.89. The van der Waals surface area contributed by atoms with Crippen LogP contribution in [0.2, 0.25) is 0 Å². The van der Waals surface area contributed by atoms with Gasteiger partial charge in [-0.05, 0) is 6.07 Å². The van der Waals surface area contributed by atoms with E-state index in [-0.39, 0.29) is 6.07 Å². The molecule has 0 aliphatic rings. The Labute approximate surface area is 90.4 Å². The highest BCUT2D eigenvalue weighted by atomic mass is 19.4. The van der Waals surface area contributed by atoms with Crippen LogP contribution in [-0.2, 0) is 0 Å². The number of nitro groups is 1. The quantitative estimate of drug-likeness (QED) is 0.503. The summed E-state index contributed by atoms with van der Waals surface area (Å²) in [6.45, 7) is 0. The van der Waals surface area contributed by atoms with Gasteiger partial charge in [0, 0.05) is 6.07 Å². The molecule has 0 radical (unpaired) electrons. The van der Waals surface area contributed by atoms with Crippen LogP contribution in [0, 0.1) is 21.7 Å². The Morgan fingerprint density at radius 3 is 2.24 bits per heavy atom. The summed E-state index contributed by atoms with van der Waals surface area (Å²) in [6.07, 6.45) is -8.78. The number of nitrogens with zero attached hydrogens (tertiary/aromatic N) is 1. The van der Waals surface area contributed by atoms with Gasteiger partial charge in [0.05, 0.1) is 10.5 Å². The van der Waals surface area contributed by atoms with Gasteiger partial charge in [0.25, 0.3) is 0 Å². The summed E-state index contributed by atoms with van der Waals surface area (Å²) in [5, 5.41) is 18.9. The molecule has 1 rings (SSSR count). The lowest BCUT2D eigenvalue weighted by atomic mass is 10.1. The van der Waals surface area contributed by atoms with E-state index < -0.39 is 40.1 Å². The van der Waals surface area contributed by atoms with E-state index in [1.54, 1.807) is 0 Å². The number of hydrogen-bond donors (Lipinski definition) is 1. The number of alkyl halides is 3. The zero-order valence-corrected chi connectivity index (χ0v) is 7.83. The maximum absolute atomic E-state index is 13.2. The first-order valence-corrected chi connectivity index (χ1v) is 4.03. The van der Waals surface area contributed by atoms with Crippen molar-refractivity contribution in [3.8, 4) is 0 Å². The molecule has 1 N–H and O–H groups in total. The van der Waals surface area contributed by atoms with E-state index in [0.717, 1.165) is 0 Å². The minimum absolute atomic E-state index is 0.283. The highest BCUT2D eigenvalue weighted by Gasteiger charge is 2.44. The number of nitro benzene ring substituents is 1. The Morgan fingerprint density at radius 2 is 1.82 bits per heavy atom. The summed E-state index contributed by atoms with van der Waals surface area (Å²) in [6, 6.07) is 0.656. The summed E-state index contributed by atoms with van der Waals surface area (Å²) < 4.78 is 62.4. The van der Waals surface area contributed by atoms with E-state index in [4.69, 9.17) is 5.11 Å². The molecule has 4 nitrogen and oxygen atoms in total. The van der Waals surface area contributed by atoms with E-state index in [9.17, 15) is 32.1 Å². The molecule has 0 saturated carbocycles. The molecule has 0 aromatic heterocycles. The van der Waals surface area contributed by atoms with E-state index in [1.807, 2.05) is 0 Å². The van der Waals surface area contributed by atoms with Gasteiger partial charge in [0.2, 0.25) is 5.82 Å². The van der Waals surface area contributed by atoms with Gasteiger partial charge in [-0.15, -0.1) is 0 Å². The van der Waals surface area contributed by atoms with Crippen LogP contribution in [0.4, 0.5) is 27.6 Å². The SMILES string of the molecule is O=[N+]([O-])c1ccc(F)c([C@@H](O)C(F)(F)F)c1F. The minimum Gasteiger partial charge on any atom is -0.379 e. The van der Waals surface area contributed by atoms with Gasteiger partial charge in [0.15, 0.2) is 6.10 Å². The van der Waals surface area contributed by atoms with Crippen LogP contribution in [0.25, 0.3) is 0 Å². The molecule has 0 fully saturated rings. The number of aliphatic hydroxyl groups is 1. The van der Waals surface area contributed by atoms with Gasteiger partial charge < -0.3 is 5.11 Å². The largest absolute Gasteiger partial charge is 0.418 e. The zero-order valence-electron chi connectivity index (χ0n) is 7.83. The number of aliphatic hydroxyl groups excluding tert-OH is 1. The average Bonchev–Trinajstić information content (AvgIpc) is 2.15. The van der Waals surface area contributed by atoms with Crippen molar-refractivity contribution in [3.63, 3.8) is 0 Å². The standard InChI is InChI=1S/C8H4F5NO3/c9-3-1-2-4(14(16)17)6(10)5(3)7(15)8(11,12)13/h1-2,7,15H/t7-/m1/s1. The lowest BCUT2D eigenvalue weighted by Gasteiger charge is -2.15. The first kappa shape index (κ1) is 13.3. The van der Waals surface area contributed by atoms with Crippen molar-refractivity contribution in [2.75, 3.05) is 0 Å². The monoisotopic (exact) mass is 257 g/mol. The normalized spacial score (nSPS) is 13.5. The molecule has 0 unspecified atom stereocenters. The molecule has 0 aliphatic carbocycles. The van der Waals surface area contributed by atoms with Crippen LogP contribution in [0.1, 0.15) is 11.7 Å². The Morgan fingerprint density at radius 1 is 1.29 bits per heavy atom. The minimum atomic E-state index is -5.32. The Balaban J connectivity index is 3.42. The van der Waals surface area contributed by atoms with E-state index in [2.05, 4.69) is 0 Å². The fourth-order valence-electron chi connectivity index (χ4n) is 1.11. The fourth-order valence-corrected chi connectivity index (χ4v) is 1.11. The summed E-state index contributed by atoms with van der Waals surface area (Å²) in [5.41, 5.74) is -3.13. The van der Waals surface area contributed by atoms with Gasteiger partial charge in [0.1, 0.15) is 5.82 Å². The Hall–Kier alpha value is -1.77. The highest BCUT2D eigenvalue weighted by molar-refractivity contribution is 5.39. The number of rotatable bonds is 2. The van der Waals surface area contributed by atoms with E-state index in [0.29, 0.717) is 6.07 Å². The lowest BCUT2D eigenvalue weighted by molar-refractivity contribution is -0.387. The Kier molecular flexibility index (Phi) is 3.32. The second kappa shape index (κ2) is 4.24. The molecule has 1 aromatic rings. The van der Waals surface area contributed by atoms with Gasteiger partial charge in [-0.3, -0.25) is 10.1 Å². The third-order valence-corrected chi connectivity index (χ3v) is 1.89. The van der Waals surface area contributed by atoms with Gasteiger partial charge in [-0.2, -0.15) is 17.6 Å². The zero-order chi connectivity index (χ0) is 13.4. The van der Waals surface area contributed by atoms with Crippen LogP contribution in [0.3, 0.4) is 0 Å². The summed E-state index contributed by atoms with van der Waals surface area (Å²) >= 11 is 0. The maximum Gasteiger partial charge on any atom is 0.418 e. The molecule has 9 heteroatoms. The molecule has 94 valence electrons. The first-order valence-electron chi connectivity index (χ1n) is 4.03. The number of hydrogen-bond acceptors (Lipinski definition) is 3. The van der Waals surface area contributed by atoms with Crippen LogP contribution in [0.5, 0.6) is 0 Å². The van der Waals surface area contributed by atoms with Crippen LogP contribution < -0.4 is 0 Å². The van der Waals surface area contributed by atoms with E-state index >= 15 is 0 Å². The number of benzene rings is 1. The van der Waals surface area contributed by atoms with Crippen LogP contribution in [-0.4, -0.2) is 16.2 Å². The summed E-state index contributed by atoms with van der Waals surface area (Å²) in [7, 11) is 0. The molecule has 1 atom stereocenters. The Bertz CT molecular complexity index is 459. The highest BCUT2D eigenvalue weighted by Crippen LogP contribution is 2.37. The summed E-state index contributed by atoms with van der Waals surface area (Å²) in [4.78, 5) is 8.92. The van der Waals surface area contributed by atoms with Gasteiger partial charge in [-0.25, -0.2) is 4.39 Å². The van der Waals surface area contributed by atoms with Crippen molar-refractivity contribution < 1.29 is 32.0 Å². The number of halogens is 5. The molecule has 0 amide bonds. The van der Waals surface area contributed by atoms with Crippen LogP contribution in [0.15, 0.2) is 12.1 Å². The molecule has 0 bridgehead atoms. The van der Waals surface area contributed by atoms with Crippen molar-refractivity contribution in [3.05, 3.63) is 39.4 Å². The van der Waals surface area contributed by atoms with Crippen molar-refractivity contribution >= 4 is 5.69 Å². The molecule has 0 saturated heterocycles. The fraction of sp³-hybridized carbons (Fsp3) is 0.250. The van der Waals surface area contributed by atoms with Crippen molar-refractivity contribution in [2.24, 2.45) is 0 Å². The lowest BCUT2D eigenvalue weighted by Crippen LogP contribution is -2.23. The molecule has 17 heavy (non-hydrogen) atoms. The second-order valence-corrected chi connectivity index (χ2v) is 3.00. The predicted molar refractivity (Wildman–Crippen MR) is 44.0 cm³/mol. The van der Waals surface area contributed by atoms with Crippen molar-refractivity contribution in [1.29, 1.82) is 0 Å². The molecule has 0 spiro atoms. The van der Waals surface area contributed by atoms with Gasteiger partial charge in [-0.1, -0.05) is 0 Å². The van der Waals surface area contributed by atoms with Crippen molar-refractivity contribution in [2.45, 2.75) is 12.3 Å². The first-order chi connectivity index (χ1) is 7.66.